The van der Waals surface area contributed by atoms with Crippen molar-refractivity contribution >= 4 is 50.6 Å². The Morgan fingerprint density at radius 2 is 1.88 bits per heavy atom. The van der Waals surface area contributed by atoms with Crippen molar-refractivity contribution < 1.29 is 14.5 Å². The lowest BCUT2D eigenvalue weighted by Crippen LogP contribution is -2.23. The highest BCUT2D eigenvalue weighted by Crippen LogP contribution is 2.32. The van der Waals surface area contributed by atoms with E-state index in [2.05, 4.69) is 10.1 Å². The molecule has 0 radical (unpaired) electrons. The van der Waals surface area contributed by atoms with Crippen LogP contribution in [0.25, 0.3) is 16.3 Å². The fraction of sp³-hybridized carbons (Fsp3) is 0.0417. The van der Waals surface area contributed by atoms with Crippen LogP contribution in [0, 0.1) is 10.1 Å². The van der Waals surface area contributed by atoms with E-state index >= 15 is 0 Å². The first-order chi connectivity index (χ1) is 16.0. The molecule has 3 aromatic carbocycles. The Hall–Kier alpha value is -4.37. The van der Waals surface area contributed by atoms with Gasteiger partial charge in [0.05, 0.1) is 28.5 Å². The van der Waals surface area contributed by atoms with E-state index in [1.165, 1.54) is 40.6 Å². The predicted octanol–water partition coefficient (Wildman–Crippen LogP) is 5.29. The molecule has 0 fully saturated rings. The zero-order valence-corrected chi connectivity index (χ0v) is 18.3. The number of nitro benzene ring substituents is 1. The van der Waals surface area contributed by atoms with Gasteiger partial charge in [-0.15, -0.1) is 0 Å². The molecule has 0 unspecified atom stereocenters. The minimum absolute atomic E-state index is 0.0522. The molecule has 1 amide bonds. The molecule has 1 heterocycles. The minimum Gasteiger partial charge on any atom is -0.497 e. The van der Waals surface area contributed by atoms with Crippen LogP contribution < -0.4 is 9.75 Å². The number of ether oxygens (including phenoxy) is 1. The van der Waals surface area contributed by atoms with Gasteiger partial charge in [0.25, 0.3) is 11.6 Å². The minimum atomic E-state index is -0.481. The Balaban J connectivity index is 1.67. The molecule has 0 N–H and O–H groups in total. The number of amides is 1. The highest BCUT2D eigenvalue weighted by atomic mass is 32.1. The van der Waals surface area contributed by atoms with Gasteiger partial charge in [0.15, 0.2) is 0 Å². The molecule has 0 atom stereocenters. The molecule has 0 spiro atoms. The number of anilines is 1. The molecule has 0 aliphatic heterocycles. The van der Waals surface area contributed by atoms with Gasteiger partial charge in [0.2, 0.25) is 5.13 Å². The van der Waals surface area contributed by atoms with Crippen LogP contribution in [0.4, 0.5) is 10.8 Å². The first kappa shape index (κ1) is 21.8. The molecule has 0 aliphatic carbocycles. The fourth-order valence-electron chi connectivity index (χ4n) is 2.95. The summed E-state index contributed by atoms with van der Waals surface area (Å²) in [5.41, 5.74) is 2.01. The first-order valence-electron chi connectivity index (χ1n) is 9.84. The van der Waals surface area contributed by atoms with Gasteiger partial charge in [-0.3, -0.25) is 14.9 Å². The van der Waals surface area contributed by atoms with E-state index in [1.54, 1.807) is 31.5 Å². The number of hydrazone groups is 1. The van der Waals surface area contributed by atoms with Gasteiger partial charge in [-0.1, -0.05) is 53.8 Å². The van der Waals surface area contributed by atoms with Crippen LogP contribution in [0.2, 0.25) is 0 Å². The smallest absolute Gasteiger partial charge is 0.273 e. The molecule has 1 aromatic heterocycles. The molecule has 4 rings (SSSR count). The topological polar surface area (TPSA) is 97.9 Å². The summed E-state index contributed by atoms with van der Waals surface area (Å²) < 4.78 is 6.12. The molecule has 0 saturated carbocycles. The zero-order chi connectivity index (χ0) is 23.2. The number of benzene rings is 3. The Morgan fingerprint density at radius 1 is 1.09 bits per heavy atom. The van der Waals surface area contributed by atoms with Crippen molar-refractivity contribution in [1.82, 2.24) is 4.98 Å². The van der Waals surface area contributed by atoms with E-state index in [0.29, 0.717) is 22.0 Å². The number of carbonyl (C=O) groups excluding carboxylic acids is 1. The normalized spacial score (nSPS) is 11.3. The summed E-state index contributed by atoms with van der Waals surface area (Å²) in [6, 6.07) is 20.9. The second-order valence-electron chi connectivity index (χ2n) is 6.82. The van der Waals surface area contributed by atoms with E-state index in [4.69, 9.17) is 4.74 Å². The van der Waals surface area contributed by atoms with Crippen molar-refractivity contribution in [3.63, 3.8) is 0 Å². The second kappa shape index (κ2) is 9.84. The van der Waals surface area contributed by atoms with Gasteiger partial charge < -0.3 is 4.74 Å². The van der Waals surface area contributed by atoms with Gasteiger partial charge in [0, 0.05) is 18.2 Å². The van der Waals surface area contributed by atoms with E-state index in [9.17, 15) is 14.9 Å². The summed E-state index contributed by atoms with van der Waals surface area (Å²) in [6.07, 6.45) is 4.40. The van der Waals surface area contributed by atoms with Crippen LogP contribution >= 0.6 is 11.3 Å². The Labute approximate surface area is 193 Å². The molecule has 9 heteroatoms. The van der Waals surface area contributed by atoms with Crippen molar-refractivity contribution in [2.45, 2.75) is 0 Å². The molecule has 0 aliphatic rings. The maximum atomic E-state index is 13.1. The molecule has 8 nitrogen and oxygen atoms in total. The number of nitro groups is 1. The van der Waals surface area contributed by atoms with Crippen LogP contribution in [0.15, 0.2) is 84.0 Å². The lowest BCUT2D eigenvalue weighted by molar-refractivity contribution is -0.384. The first-order valence-corrected chi connectivity index (χ1v) is 10.7. The largest absolute Gasteiger partial charge is 0.497 e. The van der Waals surface area contributed by atoms with Crippen molar-refractivity contribution in [3.8, 4) is 5.75 Å². The molecule has 0 bridgehead atoms. The third-order valence-electron chi connectivity index (χ3n) is 4.60. The summed E-state index contributed by atoms with van der Waals surface area (Å²) in [5.74, 6) is 0.244. The number of nitrogens with zero attached hydrogens (tertiary/aromatic N) is 4. The van der Waals surface area contributed by atoms with Crippen molar-refractivity contribution in [3.05, 3.63) is 100 Å². The monoisotopic (exact) mass is 458 g/mol. The number of non-ortho nitro benzene ring substituents is 1. The fourth-order valence-corrected chi connectivity index (χ4v) is 3.91. The van der Waals surface area contributed by atoms with Crippen molar-refractivity contribution in [1.29, 1.82) is 0 Å². The van der Waals surface area contributed by atoms with E-state index in [-0.39, 0.29) is 5.69 Å². The zero-order valence-electron chi connectivity index (χ0n) is 17.5. The molecule has 33 heavy (non-hydrogen) atoms. The second-order valence-corrected chi connectivity index (χ2v) is 7.83. The van der Waals surface area contributed by atoms with E-state index < -0.39 is 10.8 Å². The quantitative estimate of drug-likeness (QED) is 0.162. The van der Waals surface area contributed by atoms with Gasteiger partial charge in [-0.05, 0) is 35.4 Å². The van der Waals surface area contributed by atoms with Gasteiger partial charge in [-0.2, -0.15) is 10.1 Å². The summed E-state index contributed by atoms with van der Waals surface area (Å²) in [5, 5.41) is 17.0. The van der Waals surface area contributed by atoms with Gasteiger partial charge in [0.1, 0.15) is 5.75 Å². The number of hydrogen-bond donors (Lipinski definition) is 0. The average Bonchev–Trinajstić information content (AvgIpc) is 3.26. The van der Waals surface area contributed by atoms with Crippen LogP contribution in [-0.4, -0.2) is 29.1 Å². The number of fused-ring (bicyclic) bond motifs is 1. The Bertz CT molecular complexity index is 1370. The number of hydrogen-bond acceptors (Lipinski definition) is 7. The molecular weight excluding hydrogens is 440 g/mol. The van der Waals surface area contributed by atoms with Crippen molar-refractivity contribution in [2.75, 3.05) is 12.1 Å². The molecule has 164 valence electrons. The van der Waals surface area contributed by atoms with E-state index in [1.807, 2.05) is 42.5 Å². The average molecular weight is 458 g/mol. The lowest BCUT2D eigenvalue weighted by atomic mass is 10.2. The van der Waals surface area contributed by atoms with Gasteiger partial charge in [-0.25, -0.2) is 4.98 Å². The van der Waals surface area contributed by atoms with E-state index in [0.717, 1.165) is 10.3 Å². The van der Waals surface area contributed by atoms with Crippen molar-refractivity contribution in [2.24, 2.45) is 5.10 Å². The molecular formula is C24H18N4O4S. The standard InChI is InChI=1S/C24H18N4O4S/c1-32-20-11-12-21-22(15-20)33-24(26-21)27(25-16-18-6-3-2-4-7-18)23(29)13-10-17-8-5-9-19(14-17)28(30)31/h2-16H,1H3/b13-10+,25-16+. The van der Waals surface area contributed by atoms with Crippen LogP contribution in [0.3, 0.4) is 0 Å². The lowest BCUT2D eigenvalue weighted by Gasteiger charge is -2.11. The number of aromatic nitrogens is 1. The maximum Gasteiger partial charge on any atom is 0.273 e. The number of rotatable bonds is 7. The Morgan fingerprint density at radius 3 is 2.64 bits per heavy atom. The van der Waals surface area contributed by atoms with Crippen LogP contribution in [-0.2, 0) is 4.79 Å². The summed E-state index contributed by atoms with van der Waals surface area (Å²) >= 11 is 1.30. The third kappa shape index (κ3) is 5.28. The highest BCUT2D eigenvalue weighted by Gasteiger charge is 2.18. The number of methoxy groups -OCH3 is 1. The highest BCUT2D eigenvalue weighted by molar-refractivity contribution is 7.22. The predicted molar refractivity (Wildman–Crippen MR) is 130 cm³/mol. The van der Waals surface area contributed by atoms with Crippen LogP contribution in [0.5, 0.6) is 5.75 Å². The van der Waals surface area contributed by atoms with Crippen LogP contribution in [0.1, 0.15) is 11.1 Å². The summed E-state index contributed by atoms with van der Waals surface area (Å²) in [4.78, 5) is 28.2. The SMILES string of the molecule is COc1ccc2nc(N(/N=C/c3ccccc3)C(=O)/C=C/c3cccc([N+](=O)[O-])c3)sc2c1. The third-order valence-corrected chi connectivity index (χ3v) is 5.59. The van der Waals surface area contributed by atoms with Gasteiger partial charge >= 0.3 is 0 Å². The maximum absolute atomic E-state index is 13.1. The summed E-state index contributed by atoms with van der Waals surface area (Å²) in [7, 11) is 1.59. The number of carbonyl (C=O) groups is 1. The summed E-state index contributed by atoms with van der Waals surface area (Å²) in [6.45, 7) is 0. The molecule has 0 saturated heterocycles. The Kier molecular flexibility index (Phi) is 6.51. The molecule has 4 aromatic rings. The number of thiazole rings is 1.